The summed E-state index contributed by atoms with van der Waals surface area (Å²) in [5.74, 6) is 2.19. The highest BCUT2D eigenvalue weighted by Crippen LogP contribution is 2.64. The van der Waals surface area contributed by atoms with Crippen LogP contribution in [0.2, 0.25) is 0 Å². The number of carbonyl (C=O) groups is 1. The Morgan fingerprint density at radius 2 is 1.65 bits per heavy atom. The van der Waals surface area contributed by atoms with Gasteiger partial charge in [0.15, 0.2) is 0 Å². The predicted octanol–water partition coefficient (Wildman–Crippen LogP) is 5.60. The van der Waals surface area contributed by atoms with Crippen LogP contribution in [0.25, 0.3) is 0 Å². The Bertz CT molecular complexity index is 1020. The van der Waals surface area contributed by atoms with E-state index in [1.54, 1.807) is 12.1 Å². The predicted molar refractivity (Wildman–Crippen MR) is 120 cm³/mol. The van der Waals surface area contributed by atoms with Crippen molar-refractivity contribution in [3.8, 4) is 0 Å². The zero-order valence-corrected chi connectivity index (χ0v) is 19.7. The molecule has 4 aliphatic rings. The van der Waals surface area contributed by atoms with E-state index >= 15 is 0 Å². The Kier molecular flexibility index (Phi) is 5.02. The molecule has 168 valence electrons. The van der Waals surface area contributed by atoms with Gasteiger partial charge in [-0.15, -0.1) is 0 Å². The van der Waals surface area contributed by atoms with Crippen molar-refractivity contribution < 1.29 is 17.4 Å². The third-order valence-corrected chi connectivity index (χ3v) is 10.7. The number of allylic oxidation sites excluding steroid dienone is 1. The smallest absolute Gasteiger partial charge is 0.297 e. The number of aryl methyl sites for hydroxylation is 1. The van der Waals surface area contributed by atoms with E-state index < -0.39 is 10.1 Å². The van der Waals surface area contributed by atoms with Gasteiger partial charge in [0, 0.05) is 11.8 Å². The zero-order valence-electron chi connectivity index (χ0n) is 18.9. The van der Waals surface area contributed by atoms with Crippen molar-refractivity contribution in [3.05, 3.63) is 41.5 Å². The number of fused-ring (bicyclic) bond motifs is 5. The van der Waals surface area contributed by atoms with Gasteiger partial charge in [-0.05, 0) is 87.2 Å². The second kappa shape index (κ2) is 7.28. The molecule has 0 aromatic heterocycles. The van der Waals surface area contributed by atoms with Crippen LogP contribution in [0.15, 0.2) is 40.8 Å². The fourth-order valence-electron chi connectivity index (χ4n) is 7.42. The van der Waals surface area contributed by atoms with E-state index in [-0.39, 0.29) is 21.8 Å². The molecule has 1 aromatic rings. The Balaban J connectivity index is 1.34. The highest BCUT2D eigenvalue weighted by Gasteiger charge is 2.58. The summed E-state index contributed by atoms with van der Waals surface area (Å²) in [6.07, 6.45) is 9.49. The van der Waals surface area contributed by atoms with Crippen LogP contribution in [0.4, 0.5) is 0 Å². The fraction of sp³-hybridized carbons (Fsp3) is 0.654. The van der Waals surface area contributed by atoms with E-state index in [1.807, 2.05) is 19.1 Å². The van der Waals surface area contributed by atoms with E-state index in [4.69, 9.17) is 4.18 Å². The molecule has 0 N–H and O–H groups in total. The minimum Gasteiger partial charge on any atom is -0.299 e. The topological polar surface area (TPSA) is 60.4 Å². The van der Waals surface area contributed by atoms with Crippen molar-refractivity contribution in [2.75, 3.05) is 0 Å². The standard InChI is InChI=1S/C26H34O4S/c1-17-4-7-20(8-5-17)31(28,29)30-19-12-14-25(2)18(16-19)6-9-21-22-10-11-24(27)26(22,3)15-13-23(21)25/h4-8,19,21-23H,9-16H2,1-3H3/t19-,21-,22-,23?,25-,26-/m0/s1. The van der Waals surface area contributed by atoms with Crippen LogP contribution in [-0.2, 0) is 19.1 Å². The van der Waals surface area contributed by atoms with Crippen LogP contribution in [0.1, 0.15) is 70.8 Å². The Hall–Kier alpha value is -1.46. The average Bonchev–Trinajstić information content (AvgIpc) is 3.03. The highest BCUT2D eigenvalue weighted by molar-refractivity contribution is 7.86. The molecule has 0 heterocycles. The van der Waals surface area contributed by atoms with Crippen molar-refractivity contribution in [1.29, 1.82) is 0 Å². The lowest BCUT2D eigenvalue weighted by Gasteiger charge is -2.56. The first-order chi connectivity index (χ1) is 14.6. The molecular formula is C26H34O4S. The van der Waals surface area contributed by atoms with Gasteiger partial charge in [-0.1, -0.05) is 43.2 Å². The monoisotopic (exact) mass is 442 g/mol. The number of carbonyl (C=O) groups excluding carboxylic acids is 1. The highest BCUT2D eigenvalue weighted by atomic mass is 32.2. The molecule has 6 atom stereocenters. The van der Waals surface area contributed by atoms with E-state index in [0.29, 0.717) is 30.0 Å². The number of benzene rings is 1. The molecule has 5 heteroatoms. The van der Waals surface area contributed by atoms with Crippen molar-refractivity contribution in [3.63, 3.8) is 0 Å². The number of Topliss-reactive ketones (excluding diaryl/α,β-unsaturated/α-hetero) is 1. The SMILES string of the molecule is Cc1ccc(S(=O)(=O)O[C@H]2CC[C@@]3(C)C(=CC[C@@H]4C3CC[C@]3(C)C(=O)CC[C@@H]43)C2)cc1. The number of hydrogen-bond acceptors (Lipinski definition) is 4. The average molecular weight is 443 g/mol. The molecule has 1 unspecified atom stereocenters. The molecule has 4 aliphatic carbocycles. The lowest BCUT2D eigenvalue weighted by molar-refractivity contribution is -0.131. The first-order valence-corrected chi connectivity index (χ1v) is 13.3. The molecule has 0 bridgehead atoms. The minimum atomic E-state index is -3.75. The van der Waals surface area contributed by atoms with E-state index in [2.05, 4.69) is 19.9 Å². The normalized spacial score (nSPS) is 40.0. The maximum Gasteiger partial charge on any atom is 0.297 e. The van der Waals surface area contributed by atoms with Gasteiger partial charge in [0.2, 0.25) is 0 Å². The second-order valence-electron chi connectivity index (χ2n) is 10.9. The van der Waals surface area contributed by atoms with Gasteiger partial charge < -0.3 is 0 Å². The van der Waals surface area contributed by atoms with Gasteiger partial charge >= 0.3 is 0 Å². The van der Waals surface area contributed by atoms with Crippen LogP contribution in [0, 0.1) is 35.5 Å². The van der Waals surface area contributed by atoms with Gasteiger partial charge in [-0.25, -0.2) is 0 Å². The third kappa shape index (κ3) is 3.34. The molecule has 0 radical (unpaired) electrons. The van der Waals surface area contributed by atoms with Crippen LogP contribution < -0.4 is 0 Å². The summed E-state index contributed by atoms with van der Waals surface area (Å²) in [5, 5.41) is 0. The van der Waals surface area contributed by atoms with E-state index in [0.717, 1.165) is 50.5 Å². The van der Waals surface area contributed by atoms with Gasteiger partial charge in [-0.3, -0.25) is 8.98 Å². The van der Waals surface area contributed by atoms with Crippen molar-refractivity contribution in [2.24, 2.45) is 28.6 Å². The summed E-state index contributed by atoms with van der Waals surface area (Å²) in [5.41, 5.74) is 2.42. The third-order valence-electron chi connectivity index (χ3n) is 9.34. The Morgan fingerprint density at radius 1 is 0.968 bits per heavy atom. The van der Waals surface area contributed by atoms with Gasteiger partial charge in [0.05, 0.1) is 11.0 Å². The molecule has 4 nitrogen and oxygen atoms in total. The number of ketones is 1. The quantitative estimate of drug-likeness (QED) is 0.451. The number of hydrogen-bond donors (Lipinski definition) is 0. The molecule has 0 spiro atoms. The van der Waals surface area contributed by atoms with Crippen LogP contribution in [0.3, 0.4) is 0 Å². The molecule has 31 heavy (non-hydrogen) atoms. The molecule has 1 aromatic carbocycles. The molecule has 3 saturated carbocycles. The second-order valence-corrected chi connectivity index (χ2v) is 12.5. The molecule has 0 aliphatic heterocycles. The van der Waals surface area contributed by atoms with Crippen molar-refractivity contribution in [2.45, 2.75) is 83.1 Å². The summed E-state index contributed by atoms with van der Waals surface area (Å²) in [6, 6.07) is 6.87. The van der Waals surface area contributed by atoms with E-state index in [1.165, 1.54) is 5.57 Å². The molecule has 0 saturated heterocycles. The van der Waals surface area contributed by atoms with Crippen LogP contribution in [-0.4, -0.2) is 20.3 Å². The first kappa shape index (κ1) is 21.4. The van der Waals surface area contributed by atoms with Gasteiger partial charge in [-0.2, -0.15) is 8.42 Å². The largest absolute Gasteiger partial charge is 0.299 e. The maximum atomic E-state index is 12.8. The van der Waals surface area contributed by atoms with Crippen molar-refractivity contribution >= 4 is 15.9 Å². The molecule has 5 rings (SSSR count). The molecule has 0 amide bonds. The maximum absolute atomic E-state index is 12.8. The summed E-state index contributed by atoms with van der Waals surface area (Å²) < 4.78 is 31.3. The summed E-state index contributed by atoms with van der Waals surface area (Å²) in [7, 11) is -3.75. The minimum absolute atomic E-state index is 0.106. The first-order valence-electron chi connectivity index (χ1n) is 11.9. The lowest BCUT2D eigenvalue weighted by atomic mass is 9.48. The summed E-state index contributed by atoms with van der Waals surface area (Å²) in [4.78, 5) is 12.8. The Labute approximate surface area is 186 Å². The van der Waals surface area contributed by atoms with Crippen molar-refractivity contribution in [1.82, 2.24) is 0 Å². The van der Waals surface area contributed by atoms with Gasteiger partial charge in [0.25, 0.3) is 10.1 Å². The molecular weight excluding hydrogens is 408 g/mol. The van der Waals surface area contributed by atoms with Crippen LogP contribution >= 0.6 is 0 Å². The lowest BCUT2D eigenvalue weighted by Crippen LogP contribution is -2.50. The Morgan fingerprint density at radius 3 is 2.39 bits per heavy atom. The molecule has 3 fully saturated rings. The van der Waals surface area contributed by atoms with Gasteiger partial charge in [0.1, 0.15) is 5.78 Å². The van der Waals surface area contributed by atoms with E-state index in [9.17, 15) is 13.2 Å². The van der Waals surface area contributed by atoms with Crippen LogP contribution in [0.5, 0.6) is 0 Å². The summed E-state index contributed by atoms with van der Waals surface area (Å²) >= 11 is 0. The zero-order chi connectivity index (χ0) is 22.0. The number of rotatable bonds is 3. The fourth-order valence-corrected chi connectivity index (χ4v) is 8.52. The summed E-state index contributed by atoms with van der Waals surface area (Å²) in [6.45, 7) is 6.54.